The molecule has 1 rings (SSSR count). The van der Waals surface area contributed by atoms with Gasteiger partial charge < -0.3 is 15.3 Å². The van der Waals surface area contributed by atoms with E-state index in [1.807, 2.05) is 0 Å². The third-order valence-corrected chi connectivity index (χ3v) is 2.13. The summed E-state index contributed by atoms with van der Waals surface area (Å²) in [7, 11) is 9.71. The summed E-state index contributed by atoms with van der Waals surface area (Å²) in [6.07, 6.45) is 0. The van der Waals surface area contributed by atoms with Crippen molar-refractivity contribution in [3.8, 4) is 0 Å². The molecule has 0 amide bonds. The minimum Gasteiger partial charge on any atom is 1.00 e. The summed E-state index contributed by atoms with van der Waals surface area (Å²) >= 11 is -0.346. The molecule has 0 bridgehead atoms. The number of aromatic nitrogens is 1. The third kappa shape index (κ3) is 13.3. The smallest absolute Gasteiger partial charge is 1.00 e. The topological polar surface area (TPSA) is 111 Å². The molecule has 121 valence electrons. The van der Waals surface area contributed by atoms with Gasteiger partial charge in [0.05, 0.1) is 31.1 Å². The maximum Gasteiger partial charge on any atom is 1.00 e. The second-order valence-electron chi connectivity index (χ2n) is 3.76. The van der Waals surface area contributed by atoms with Crippen molar-refractivity contribution in [2.24, 2.45) is 0 Å². The summed E-state index contributed by atoms with van der Waals surface area (Å²) in [4.78, 5) is 26.5. The van der Waals surface area contributed by atoms with E-state index in [-0.39, 0.29) is 92.8 Å². The number of carboxylic acid groups (broad SMARTS) is 2. The van der Waals surface area contributed by atoms with Crippen LogP contribution in [0.3, 0.4) is 0 Å². The van der Waals surface area contributed by atoms with Gasteiger partial charge in [-0.3, -0.25) is 19.5 Å². The van der Waals surface area contributed by atoms with Crippen molar-refractivity contribution in [3.63, 3.8) is 0 Å². The number of nitrogens with zero attached hydrogens (tertiary/aromatic N) is 2. The Kier molecular flexibility index (Phi) is 17.5. The van der Waals surface area contributed by atoms with Crippen LogP contribution in [0.15, 0.2) is 18.2 Å². The van der Waals surface area contributed by atoms with E-state index in [0.717, 1.165) is 0 Å². The summed E-state index contributed by atoms with van der Waals surface area (Å²) in [5.74, 6) is -2.20. The average molecular weight is 465 g/mol. The molecule has 0 fully saturated rings. The molecule has 11 heteroatoms. The fraction of sp³-hybridized carbons (Fsp3) is 0.364. The molecule has 1 aromatic heterocycles. The second-order valence-corrected chi connectivity index (χ2v) is 6.40. The maximum absolute atomic E-state index is 10.6. The van der Waals surface area contributed by atoms with Gasteiger partial charge in [0, 0.05) is 6.54 Å². The Morgan fingerprint density at radius 2 is 1.59 bits per heavy atom. The monoisotopic (exact) mass is 465 g/mol. The van der Waals surface area contributed by atoms with Gasteiger partial charge in [0.15, 0.2) is 0 Å². The normalized spacial score (nSPS) is 9.64. The van der Waals surface area contributed by atoms with Gasteiger partial charge in [0.2, 0.25) is 0 Å². The zero-order valence-electron chi connectivity index (χ0n) is 11.7. The molecule has 0 saturated carbocycles. The molecule has 3 N–H and O–H groups in total. The first kappa shape index (κ1) is 25.1. The molecular weight excluding hydrogens is 451 g/mol. The number of aliphatic carboxylic acids is 2. The number of carbonyl (C=O) groups is 2. The van der Waals surface area contributed by atoms with Gasteiger partial charge in [-0.2, -0.15) is 0 Å². The quantitative estimate of drug-likeness (QED) is 0.397. The van der Waals surface area contributed by atoms with Crippen molar-refractivity contribution in [1.29, 1.82) is 0 Å². The molecule has 0 aliphatic heterocycles. The SMILES string of the molecule is O=C(O)CN(CC(=O)O)Cc1cccc(CO)n1.[Cl][Ru-][Cl].[K+]. The Hall–Kier alpha value is 0.850. The van der Waals surface area contributed by atoms with Crippen molar-refractivity contribution in [3.05, 3.63) is 29.6 Å². The van der Waals surface area contributed by atoms with Crippen LogP contribution in [0.1, 0.15) is 11.4 Å². The van der Waals surface area contributed by atoms with Crippen molar-refractivity contribution < 1.29 is 91.4 Å². The molecule has 0 unspecified atom stereocenters. The van der Waals surface area contributed by atoms with Crippen LogP contribution in [0.4, 0.5) is 0 Å². The van der Waals surface area contributed by atoms with Crippen molar-refractivity contribution >= 4 is 31.3 Å². The Morgan fingerprint density at radius 3 is 2.00 bits per heavy atom. The predicted molar refractivity (Wildman–Crippen MR) is 72.4 cm³/mol. The summed E-state index contributed by atoms with van der Waals surface area (Å²) in [6, 6.07) is 4.95. The van der Waals surface area contributed by atoms with E-state index in [1.54, 1.807) is 18.2 Å². The van der Waals surface area contributed by atoms with Crippen LogP contribution >= 0.6 is 19.4 Å². The molecule has 0 aromatic carbocycles. The van der Waals surface area contributed by atoms with Gasteiger partial charge in [0.1, 0.15) is 0 Å². The molecule has 0 radical (unpaired) electrons. The molecule has 22 heavy (non-hydrogen) atoms. The first-order valence-corrected chi connectivity index (χ1v) is 9.97. The molecule has 7 nitrogen and oxygen atoms in total. The minimum absolute atomic E-state index is 0. The average Bonchev–Trinajstić information content (AvgIpc) is 2.38. The van der Waals surface area contributed by atoms with Gasteiger partial charge in [-0.1, -0.05) is 6.07 Å². The third-order valence-electron chi connectivity index (χ3n) is 2.13. The Labute approximate surface area is 186 Å². The first-order valence-electron chi connectivity index (χ1n) is 5.49. The number of hydrogen-bond donors (Lipinski definition) is 3. The number of aliphatic hydroxyl groups is 1. The summed E-state index contributed by atoms with van der Waals surface area (Å²) < 4.78 is 0. The van der Waals surface area contributed by atoms with E-state index in [4.69, 9.17) is 34.7 Å². The molecule has 0 saturated heterocycles. The number of pyridine rings is 1. The van der Waals surface area contributed by atoms with Gasteiger partial charge in [-0.25, -0.2) is 0 Å². The van der Waals surface area contributed by atoms with E-state index >= 15 is 0 Å². The van der Waals surface area contributed by atoms with Crippen LogP contribution in [0, 0.1) is 0 Å². The summed E-state index contributed by atoms with van der Waals surface area (Å²) in [5.41, 5.74) is 0.974. The number of carboxylic acids is 2. The van der Waals surface area contributed by atoms with Crippen LogP contribution in [-0.4, -0.2) is 50.2 Å². The zero-order valence-corrected chi connectivity index (χ0v) is 18.1. The molecule has 1 heterocycles. The van der Waals surface area contributed by atoms with Crippen molar-refractivity contribution in [1.82, 2.24) is 9.88 Å². The molecular formula is C11H14Cl2KN2O5Ru. The van der Waals surface area contributed by atoms with E-state index in [1.165, 1.54) is 4.90 Å². The molecule has 0 atom stereocenters. The maximum atomic E-state index is 10.6. The van der Waals surface area contributed by atoms with Crippen LogP contribution in [0.2, 0.25) is 0 Å². The number of rotatable bonds is 7. The summed E-state index contributed by atoms with van der Waals surface area (Å²) in [5, 5.41) is 26.3. The van der Waals surface area contributed by atoms with E-state index in [9.17, 15) is 9.59 Å². The molecule has 0 aliphatic rings. The Bertz CT molecular complexity index is 454. The fourth-order valence-corrected chi connectivity index (χ4v) is 1.48. The molecule has 0 spiro atoms. The number of halogens is 2. The molecule has 1 aromatic rings. The summed E-state index contributed by atoms with van der Waals surface area (Å²) in [6.45, 7) is -0.868. The van der Waals surface area contributed by atoms with Crippen LogP contribution in [0.5, 0.6) is 0 Å². The minimum atomic E-state index is -1.10. The van der Waals surface area contributed by atoms with E-state index < -0.39 is 11.9 Å². The van der Waals surface area contributed by atoms with Crippen LogP contribution in [-0.2, 0) is 37.9 Å². The van der Waals surface area contributed by atoms with E-state index in [2.05, 4.69) is 4.98 Å². The number of hydrogen-bond acceptors (Lipinski definition) is 5. The largest absolute Gasteiger partial charge is 1.00 e. The van der Waals surface area contributed by atoms with Crippen molar-refractivity contribution in [2.75, 3.05) is 13.1 Å². The first-order chi connectivity index (χ1) is 9.92. The number of aliphatic hydroxyl groups excluding tert-OH is 1. The van der Waals surface area contributed by atoms with Gasteiger partial charge in [0.25, 0.3) is 0 Å². The fourth-order valence-electron chi connectivity index (χ4n) is 1.48. The second kappa shape index (κ2) is 15.4. The Morgan fingerprint density at radius 1 is 1.14 bits per heavy atom. The van der Waals surface area contributed by atoms with Crippen LogP contribution in [0.25, 0.3) is 0 Å². The zero-order chi connectivity index (χ0) is 16.3. The van der Waals surface area contributed by atoms with E-state index in [0.29, 0.717) is 11.4 Å². The van der Waals surface area contributed by atoms with Crippen LogP contribution < -0.4 is 51.4 Å². The van der Waals surface area contributed by atoms with Crippen molar-refractivity contribution in [2.45, 2.75) is 13.2 Å². The standard InChI is InChI=1S/C11H14N2O5.2ClH.K.Ru/c14-7-9-3-1-2-8(12-9)4-13(5-10(15)16)6-11(17)18;;;;/h1-3,14H,4-7H2,(H,15,16)(H,17,18);2*1H;;/q;;;2*+1/p-2. The Balaban J connectivity index is 0. The van der Waals surface area contributed by atoms with Gasteiger partial charge in [-0.05, 0) is 12.1 Å². The van der Waals surface area contributed by atoms with Gasteiger partial charge >= 0.3 is 97.9 Å². The molecule has 0 aliphatic carbocycles. The van der Waals surface area contributed by atoms with Gasteiger partial charge in [-0.15, -0.1) is 0 Å². The predicted octanol–water partition coefficient (Wildman–Crippen LogP) is -2.07.